The van der Waals surface area contributed by atoms with Crippen molar-refractivity contribution in [2.75, 3.05) is 18.4 Å². The maximum absolute atomic E-state index is 13.1. The van der Waals surface area contributed by atoms with Gasteiger partial charge >= 0.3 is 0 Å². The molecule has 2 aliphatic heterocycles. The van der Waals surface area contributed by atoms with Crippen LogP contribution in [0, 0.1) is 5.92 Å². The molecule has 3 aliphatic rings. The normalized spacial score (nSPS) is 25.7. The van der Waals surface area contributed by atoms with Crippen molar-refractivity contribution in [3.63, 3.8) is 0 Å². The molecule has 0 aromatic heterocycles. The highest BCUT2D eigenvalue weighted by atomic mass is 79.9. The molecule has 2 heterocycles. The van der Waals surface area contributed by atoms with Gasteiger partial charge in [-0.25, -0.2) is 0 Å². The van der Waals surface area contributed by atoms with Crippen LogP contribution in [-0.2, 0) is 0 Å². The van der Waals surface area contributed by atoms with Gasteiger partial charge in [0.1, 0.15) is 0 Å². The van der Waals surface area contributed by atoms with E-state index >= 15 is 0 Å². The van der Waals surface area contributed by atoms with E-state index in [0.717, 1.165) is 48.1 Å². The summed E-state index contributed by atoms with van der Waals surface area (Å²) in [5.74, 6) is 1.06. The summed E-state index contributed by atoms with van der Waals surface area (Å²) in [6.07, 6.45) is 10.5. The minimum atomic E-state index is 0.197. The average molecular weight is 451 g/mol. The van der Waals surface area contributed by atoms with E-state index in [0.29, 0.717) is 17.9 Å². The largest absolute Gasteiger partial charge is 0.378 e. The van der Waals surface area contributed by atoms with E-state index in [1.165, 1.54) is 24.0 Å². The number of halogens is 1. The molecule has 5 rings (SSSR count). The molecule has 4 heteroatoms. The van der Waals surface area contributed by atoms with Gasteiger partial charge in [-0.15, -0.1) is 0 Å². The molecule has 29 heavy (non-hydrogen) atoms. The number of fused-ring (bicyclic) bond motifs is 3. The molecule has 0 saturated carbocycles. The standard InChI is InChI=1S/C25H27BrN2O/c26-19-11-8-17(9-12-19)24-21-7-5-6-20(21)22-16-18(10-13-23(22)27-24)25(29)28-14-3-1-2-4-15-28/h5-6,8-13,16,20-21,24,27H,1-4,7,14-15H2/t20-,21+,24-/m0/s1. The van der Waals surface area contributed by atoms with Gasteiger partial charge in [0.2, 0.25) is 0 Å². The van der Waals surface area contributed by atoms with Gasteiger partial charge in [0, 0.05) is 34.7 Å². The first-order chi connectivity index (χ1) is 14.2. The van der Waals surface area contributed by atoms with E-state index in [4.69, 9.17) is 0 Å². The highest BCUT2D eigenvalue weighted by molar-refractivity contribution is 9.10. The number of anilines is 1. The number of nitrogens with zero attached hydrogens (tertiary/aromatic N) is 1. The molecular weight excluding hydrogens is 424 g/mol. The summed E-state index contributed by atoms with van der Waals surface area (Å²) in [5.41, 5.74) is 4.60. The molecule has 2 aromatic carbocycles. The predicted molar refractivity (Wildman–Crippen MR) is 121 cm³/mol. The number of rotatable bonds is 2. The molecule has 0 spiro atoms. The SMILES string of the molecule is O=C(c1ccc2c(c1)[C@H]1C=CC[C@H]1[C@H](c1ccc(Br)cc1)N2)N1CCCCCC1. The molecular formula is C25H27BrN2O. The fourth-order valence-electron chi connectivity index (χ4n) is 5.18. The van der Waals surface area contributed by atoms with Gasteiger partial charge < -0.3 is 10.2 Å². The Morgan fingerprint density at radius 2 is 1.76 bits per heavy atom. The lowest BCUT2D eigenvalue weighted by Crippen LogP contribution is -2.33. The predicted octanol–water partition coefficient (Wildman–Crippen LogP) is 6.29. The lowest BCUT2D eigenvalue weighted by atomic mass is 9.76. The van der Waals surface area contributed by atoms with Crippen molar-refractivity contribution >= 4 is 27.5 Å². The first-order valence-corrected chi connectivity index (χ1v) is 11.6. The maximum Gasteiger partial charge on any atom is 0.253 e. The Morgan fingerprint density at radius 3 is 2.52 bits per heavy atom. The first kappa shape index (κ1) is 18.9. The second-order valence-electron chi connectivity index (χ2n) is 8.54. The van der Waals surface area contributed by atoms with Crippen LogP contribution in [-0.4, -0.2) is 23.9 Å². The van der Waals surface area contributed by atoms with E-state index in [9.17, 15) is 4.79 Å². The van der Waals surface area contributed by atoms with Gasteiger partial charge in [-0.1, -0.05) is 53.1 Å². The number of likely N-dealkylation sites (tertiary alicyclic amines) is 1. The quantitative estimate of drug-likeness (QED) is 0.544. The van der Waals surface area contributed by atoms with Crippen LogP contribution >= 0.6 is 15.9 Å². The van der Waals surface area contributed by atoms with Crippen LogP contribution in [0.4, 0.5) is 5.69 Å². The molecule has 1 aliphatic carbocycles. The number of benzene rings is 2. The van der Waals surface area contributed by atoms with Crippen LogP contribution in [0.25, 0.3) is 0 Å². The van der Waals surface area contributed by atoms with E-state index < -0.39 is 0 Å². The van der Waals surface area contributed by atoms with E-state index in [-0.39, 0.29) is 5.91 Å². The van der Waals surface area contributed by atoms with Crippen molar-refractivity contribution in [1.82, 2.24) is 4.90 Å². The maximum atomic E-state index is 13.1. The molecule has 0 bridgehead atoms. The number of hydrogen-bond donors (Lipinski definition) is 1. The first-order valence-electron chi connectivity index (χ1n) is 10.8. The van der Waals surface area contributed by atoms with E-state index in [1.54, 1.807) is 0 Å². The summed E-state index contributed by atoms with van der Waals surface area (Å²) in [5, 5.41) is 3.78. The van der Waals surface area contributed by atoms with E-state index in [2.05, 4.69) is 74.7 Å². The highest BCUT2D eigenvalue weighted by Crippen LogP contribution is 2.50. The topological polar surface area (TPSA) is 32.3 Å². The van der Waals surface area contributed by atoms with Crippen molar-refractivity contribution in [3.05, 3.63) is 75.8 Å². The summed E-state index contributed by atoms with van der Waals surface area (Å²) < 4.78 is 1.11. The molecule has 0 radical (unpaired) electrons. The van der Waals surface area contributed by atoms with Crippen molar-refractivity contribution < 1.29 is 4.79 Å². The van der Waals surface area contributed by atoms with E-state index in [1.807, 2.05) is 6.07 Å². The smallest absolute Gasteiger partial charge is 0.253 e. The van der Waals surface area contributed by atoms with Crippen LogP contribution in [0.5, 0.6) is 0 Å². The zero-order valence-corrected chi connectivity index (χ0v) is 18.2. The number of hydrogen-bond acceptors (Lipinski definition) is 2. The van der Waals surface area contributed by atoms with Crippen LogP contribution in [0.1, 0.15) is 65.5 Å². The summed E-state index contributed by atoms with van der Waals surface area (Å²) in [4.78, 5) is 15.2. The molecule has 1 fully saturated rings. The van der Waals surface area contributed by atoms with Gasteiger partial charge in [-0.2, -0.15) is 0 Å². The van der Waals surface area contributed by atoms with Crippen molar-refractivity contribution in [1.29, 1.82) is 0 Å². The molecule has 3 atom stereocenters. The van der Waals surface area contributed by atoms with Crippen LogP contribution in [0.3, 0.4) is 0 Å². The molecule has 1 N–H and O–H groups in total. The third-order valence-corrected chi connectivity index (χ3v) is 7.26. The van der Waals surface area contributed by atoms with Crippen molar-refractivity contribution in [2.45, 2.75) is 44.1 Å². The van der Waals surface area contributed by atoms with Crippen LogP contribution in [0.15, 0.2) is 59.1 Å². The van der Waals surface area contributed by atoms with Crippen molar-refractivity contribution in [2.24, 2.45) is 5.92 Å². The number of amides is 1. The van der Waals surface area contributed by atoms with Gasteiger partial charge in [0.25, 0.3) is 5.91 Å². The number of carbonyl (C=O) groups is 1. The van der Waals surface area contributed by atoms with Gasteiger partial charge in [0.05, 0.1) is 6.04 Å². The molecule has 2 aromatic rings. The Morgan fingerprint density at radius 1 is 1.00 bits per heavy atom. The van der Waals surface area contributed by atoms with Gasteiger partial charge in [-0.3, -0.25) is 4.79 Å². The molecule has 0 unspecified atom stereocenters. The van der Waals surface area contributed by atoms with Crippen LogP contribution in [0.2, 0.25) is 0 Å². The number of nitrogens with one attached hydrogen (secondary N) is 1. The second kappa shape index (κ2) is 7.98. The Kier molecular flexibility index (Phi) is 5.21. The lowest BCUT2D eigenvalue weighted by Gasteiger charge is -2.38. The monoisotopic (exact) mass is 450 g/mol. The molecule has 1 saturated heterocycles. The molecule has 3 nitrogen and oxygen atoms in total. The van der Waals surface area contributed by atoms with Crippen molar-refractivity contribution in [3.8, 4) is 0 Å². The minimum Gasteiger partial charge on any atom is -0.378 e. The fraction of sp³-hybridized carbons (Fsp3) is 0.400. The van der Waals surface area contributed by atoms with Gasteiger partial charge in [-0.05, 0) is 66.6 Å². The molecule has 150 valence electrons. The van der Waals surface area contributed by atoms with Crippen LogP contribution < -0.4 is 5.32 Å². The zero-order chi connectivity index (χ0) is 19.8. The Hall–Kier alpha value is -2.07. The second-order valence-corrected chi connectivity index (χ2v) is 9.45. The van der Waals surface area contributed by atoms with Gasteiger partial charge in [0.15, 0.2) is 0 Å². The Balaban J connectivity index is 1.45. The Bertz CT molecular complexity index is 928. The summed E-state index contributed by atoms with van der Waals surface area (Å²) in [6, 6.07) is 15.2. The third kappa shape index (κ3) is 3.63. The summed E-state index contributed by atoms with van der Waals surface area (Å²) in [6.45, 7) is 1.79. The minimum absolute atomic E-state index is 0.197. The zero-order valence-electron chi connectivity index (χ0n) is 16.6. The third-order valence-electron chi connectivity index (χ3n) is 6.73. The average Bonchev–Trinajstić information content (AvgIpc) is 3.09. The summed E-state index contributed by atoms with van der Waals surface area (Å²) >= 11 is 3.54. The highest BCUT2D eigenvalue weighted by Gasteiger charge is 2.38. The lowest BCUT2D eigenvalue weighted by molar-refractivity contribution is 0.0761. The number of allylic oxidation sites excluding steroid dienone is 2. The fourth-order valence-corrected chi connectivity index (χ4v) is 5.45. The summed E-state index contributed by atoms with van der Waals surface area (Å²) in [7, 11) is 0. The Labute approximate surface area is 181 Å². The number of carbonyl (C=O) groups excluding carboxylic acids is 1. The molecule has 1 amide bonds.